The Bertz CT molecular complexity index is 574. The van der Waals surface area contributed by atoms with Crippen molar-refractivity contribution in [3.63, 3.8) is 0 Å². The van der Waals surface area contributed by atoms with Crippen LogP contribution in [0.2, 0.25) is 0 Å². The highest BCUT2D eigenvalue weighted by Crippen LogP contribution is 2.38. The van der Waals surface area contributed by atoms with E-state index in [4.69, 9.17) is 0 Å². The van der Waals surface area contributed by atoms with E-state index in [1.807, 2.05) is 0 Å². The lowest BCUT2D eigenvalue weighted by atomic mass is 9.73. The fraction of sp³-hybridized carbons (Fsp3) is 0.778. The van der Waals surface area contributed by atoms with Crippen molar-refractivity contribution in [2.75, 3.05) is 0 Å². The molecule has 0 N–H and O–H groups in total. The van der Waals surface area contributed by atoms with Crippen LogP contribution in [0.15, 0.2) is 12.1 Å². The molecule has 1 aromatic carbocycles. The number of unbranched alkanes of at least 4 members (excludes halogenated alkanes) is 1. The van der Waals surface area contributed by atoms with Crippen LogP contribution in [0.25, 0.3) is 0 Å². The van der Waals surface area contributed by atoms with E-state index >= 15 is 0 Å². The number of rotatable bonds is 6. The molecule has 0 aromatic heterocycles. The molecule has 0 amide bonds. The third-order valence-corrected chi connectivity index (χ3v) is 5.66. The first kappa shape index (κ1) is 24.3. The second kappa shape index (κ2) is 8.30. The molecule has 0 aliphatic rings. The summed E-state index contributed by atoms with van der Waals surface area (Å²) in [5.41, 5.74) is 7.34. The van der Waals surface area contributed by atoms with E-state index in [2.05, 4.69) is 95.2 Å². The third-order valence-electron chi connectivity index (χ3n) is 5.66. The van der Waals surface area contributed by atoms with Gasteiger partial charge in [0.25, 0.3) is 0 Å². The van der Waals surface area contributed by atoms with E-state index in [1.54, 1.807) is 0 Å². The minimum absolute atomic E-state index is 0.203. The van der Waals surface area contributed by atoms with E-state index in [0.29, 0.717) is 10.8 Å². The van der Waals surface area contributed by atoms with Crippen LogP contribution in [-0.4, -0.2) is 0 Å². The van der Waals surface area contributed by atoms with Gasteiger partial charge in [-0.3, -0.25) is 0 Å². The van der Waals surface area contributed by atoms with Gasteiger partial charge in [-0.25, -0.2) is 0 Å². The van der Waals surface area contributed by atoms with Crippen LogP contribution in [0.4, 0.5) is 0 Å². The van der Waals surface area contributed by atoms with Crippen molar-refractivity contribution in [1.82, 2.24) is 0 Å². The summed E-state index contributed by atoms with van der Waals surface area (Å²) < 4.78 is 0. The summed E-state index contributed by atoms with van der Waals surface area (Å²) in [6.45, 7) is 28.4. The highest BCUT2D eigenvalue weighted by molar-refractivity contribution is 5.45. The maximum Gasteiger partial charge on any atom is -0.0129 e. The Morgan fingerprint density at radius 2 is 1.11 bits per heavy atom. The number of hydrogen-bond donors (Lipinski definition) is 0. The van der Waals surface area contributed by atoms with Crippen LogP contribution in [0.3, 0.4) is 0 Å². The Kier molecular flexibility index (Phi) is 7.46. The smallest absolute Gasteiger partial charge is 0.0129 e. The Balaban J connectivity index is 2.90. The molecule has 0 atom stereocenters. The fourth-order valence-electron chi connectivity index (χ4n) is 4.93. The van der Waals surface area contributed by atoms with Gasteiger partial charge in [-0.1, -0.05) is 94.7 Å². The summed E-state index contributed by atoms with van der Waals surface area (Å²) in [4.78, 5) is 0. The van der Waals surface area contributed by atoms with Gasteiger partial charge in [0, 0.05) is 0 Å². The molecule has 0 aliphatic carbocycles. The van der Waals surface area contributed by atoms with Crippen molar-refractivity contribution in [2.24, 2.45) is 10.8 Å². The largest absolute Gasteiger partial charge is 0.0602 e. The summed E-state index contributed by atoms with van der Waals surface area (Å²) in [6.07, 6.45) is 6.45. The SMILES string of the molecule is Cc1c(C(C)(C)C)cc(CCCCC(C)(C)CC(C)(C)C)cc1C(C)(C)C. The van der Waals surface area contributed by atoms with Crippen molar-refractivity contribution in [2.45, 2.75) is 126 Å². The van der Waals surface area contributed by atoms with Crippen LogP contribution in [-0.2, 0) is 17.3 Å². The molecule has 156 valence electrons. The Hall–Kier alpha value is -0.780. The van der Waals surface area contributed by atoms with Crippen molar-refractivity contribution in [1.29, 1.82) is 0 Å². The van der Waals surface area contributed by atoms with Gasteiger partial charge in [0.2, 0.25) is 0 Å². The van der Waals surface area contributed by atoms with Gasteiger partial charge in [-0.05, 0) is 76.5 Å². The lowest BCUT2D eigenvalue weighted by Gasteiger charge is -2.32. The minimum atomic E-state index is 0.203. The highest BCUT2D eigenvalue weighted by Gasteiger charge is 2.26. The lowest BCUT2D eigenvalue weighted by molar-refractivity contribution is 0.194. The van der Waals surface area contributed by atoms with Crippen LogP contribution in [0.5, 0.6) is 0 Å². The van der Waals surface area contributed by atoms with Crippen LogP contribution < -0.4 is 0 Å². The molecule has 27 heavy (non-hydrogen) atoms. The molecular formula is C27H48. The molecule has 0 aliphatic heterocycles. The van der Waals surface area contributed by atoms with Crippen LogP contribution in [0.1, 0.15) is 124 Å². The molecule has 0 saturated heterocycles. The summed E-state index contributed by atoms with van der Waals surface area (Å²) in [5.74, 6) is 0. The molecule has 0 nitrogen and oxygen atoms in total. The monoisotopic (exact) mass is 372 g/mol. The van der Waals surface area contributed by atoms with Crippen molar-refractivity contribution < 1.29 is 0 Å². The zero-order chi connectivity index (χ0) is 21.3. The minimum Gasteiger partial charge on any atom is -0.0602 e. The first-order valence-corrected chi connectivity index (χ1v) is 11.1. The second-order valence-corrected chi connectivity index (χ2v) is 12.9. The molecule has 0 radical (unpaired) electrons. The number of hydrogen-bond acceptors (Lipinski definition) is 0. The van der Waals surface area contributed by atoms with E-state index in [9.17, 15) is 0 Å². The summed E-state index contributed by atoms with van der Waals surface area (Å²) in [6, 6.07) is 4.98. The quantitative estimate of drug-likeness (QED) is 0.438. The summed E-state index contributed by atoms with van der Waals surface area (Å²) >= 11 is 0. The van der Waals surface area contributed by atoms with E-state index in [1.165, 1.54) is 54.4 Å². The van der Waals surface area contributed by atoms with Crippen LogP contribution >= 0.6 is 0 Å². The van der Waals surface area contributed by atoms with Crippen molar-refractivity contribution in [3.05, 3.63) is 34.4 Å². The number of aryl methyl sites for hydroxylation is 1. The van der Waals surface area contributed by atoms with Gasteiger partial charge < -0.3 is 0 Å². The van der Waals surface area contributed by atoms with E-state index < -0.39 is 0 Å². The topological polar surface area (TPSA) is 0 Å². The first-order chi connectivity index (χ1) is 11.9. The third kappa shape index (κ3) is 8.00. The summed E-state index contributed by atoms with van der Waals surface area (Å²) in [5, 5.41) is 0. The molecule has 0 saturated carbocycles. The predicted octanol–water partition coefficient (Wildman–Crippen LogP) is 8.77. The standard InChI is InChI=1S/C27H48/c1-20-22(25(5,6)7)17-21(18-23(20)26(8,9)10)15-13-14-16-27(11,12)19-24(2,3)4/h17-18H,13-16,19H2,1-12H3. The van der Waals surface area contributed by atoms with E-state index in [0.717, 1.165) is 0 Å². The van der Waals surface area contributed by atoms with Crippen LogP contribution in [0, 0.1) is 17.8 Å². The van der Waals surface area contributed by atoms with Gasteiger partial charge in [-0.15, -0.1) is 0 Å². The molecule has 0 bridgehead atoms. The van der Waals surface area contributed by atoms with Crippen molar-refractivity contribution in [3.8, 4) is 0 Å². The molecule has 0 heteroatoms. The van der Waals surface area contributed by atoms with Gasteiger partial charge in [0.15, 0.2) is 0 Å². The predicted molar refractivity (Wildman–Crippen MR) is 124 cm³/mol. The summed E-state index contributed by atoms with van der Waals surface area (Å²) in [7, 11) is 0. The molecule has 0 spiro atoms. The second-order valence-electron chi connectivity index (χ2n) is 12.9. The zero-order valence-electron chi connectivity index (χ0n) is 20.7. The normalized spacial score (nSPS) is 13.9. The molecule has 0 heterocycles. The van der Waals surface area contributed by atoms with E-state index in [-0.39, 0.29) is 10.8 Å². The Morgan fingerprint density at radius 1 is 0.667 bits per heavy atom. The van der Waals surface area contributed by atoms with Gasteiger partial charge in [0.05, 0.1) is 0 Å². The maximum atomic E-state index is 2.49. The Labute approximate surface area is 171 Å². The molecule has 0 fully saturated rings. The van der Waals surface area contributed by atoms with Gasteiger partial charge >= 0.3 is 0 Å². The highest BCUT2D eigenvalue weighted by atomic mass is 14.3. The average Bonchev–Trinajstić information content (AvgIpc) is 2.39. The first-order valence-electron chi connectivity index (χ1n) is 11.1. The maximum absolute atomic E-state index is 2.49. The number of benzene rings is 1. The zero-order valence-corrected chi connectivity index (χ0v) is 20.7. The van der Waals surface area contributed by atoms with Gasteiger partial charge in [-0.2, -0.15) is 0 Å². The van der Waals surface area contributed by atoms with Crippen molar-refractivity contribution >= 4 is 0 Å². The molecule has 1 rings (SSSR count). The fourth-order valence-corrected chi connectivity index (χ4v) is 4.93. The molecule has 0 unspecified atom stereocenters. The van der Waals surface area contributed by atoms with Gasteiger partial charge in [0.1, 0.15) is 0 Å². The lowest BCUT2D eigenvalue weighted by Crippen LogP contribution is -2.21. The Morgan fingerprint density at radius 3 is 1.48 bits per heavy atom. The average molecular weight is 373 g/mol. The molecular weight excluding hydrogens is 324 g/mol. The molecule has 1 aromatic rings.